The van der Waals surface area contributed by atoms with Crippen LogP contribution in [0.3, 0.4) is 0 Å². The summed E-state index contributed by atoms with van der Waals surface area (Å²) in [6, 6.07) is 9.22. The molecule has 1 unspecified atom stereocenters. The summed E-state index contributed by atoms with van der Waals surface area (Å²) in [5, 5.41) is -0.927. The normalized spacial score (nSPS) is 15.1. The molecule has 0 fully saturated rings. The Morgan fingerprint density at radius 3 is 2.20 bits per heavy atom. The van der Waals surface area contributed by atoms with Crippen molar-refractivity contribution in [1.29, 1.82) is 0 Å². The standard InChI is InChI=1S/C18H28F2O3SSi/c1-18(2,3)25(5,6)23-14(16(19)20)12-15(17(21)22-4)24-13-10-8-7-9-11-13/h7-11,14-16H,12H2,1-6H3/t14-,15?/m1/s1. The quantitative estimate of drug-likeness (QED) is 0.340. The van der Waals surface area contributed by atoms with Crippen molar-refractivity contribution in [2.75, 3.05) is 7.11 Å². The van der Waals surface area contributed by atoms with E-state index in [4.69, 9.17) is 9.16 Å². The summed E-state index contributed by atoms with van der Waals surface area (Å²) in [6.45, 7) is 9.86. The molecule has 7 heteroatoms. The molecule has 0 N–H and O–H groups in total. The second-order valence-electron chi connectivity index (χ2n) is 7.43. The Balaban J connectivity index is 2.95. The van der Waals surface area contributed by atoms with Crippen LogP contribution in [0.15, 0.2) is 35.2 Å². The van der Waals surface area contributed by atoms with Gasteiger partial charge in [0.1, 0.15) is 11.4 Å². The molecule has 25 heavy (non-hydrogen) atoms. The molecule has 0 bridgehead atoms. The summed E-state index contributed by atoms with van der Waals surface area (Å²) in [5.74, 6) is -0.515. The van der Waals surface area contributed by atoms with Gasteiger partial charge in [0.05, 0.1) is 7.11 Å². The lowest BCUT2D eigenvalue weighted by Gasteiger charge is -2.39. The lowest BCUT2D eigenvalue weighted by Crippen LogP contribution is -2.47. The Morgan fingerprint density at radius 1 is 1.20 bits per heavy atom. The van der Waals surface area contributed by atoms with Crippen LogP contribution in [0.4, 0.5) is 8.78 Å². The SMILES string of the molecule is COC(=O)C(C[C@@H](O[Si](C)(C)C(C)(C)C)C(F)F)Sc1ccccc1. The topological polar surface area (TPSA) is 35.5 Å². The van der Waals surface area contributed by atoms with Crippen LogP contribution >= 0.6 is 11.8 Å². The van der Waals surface area contributed by atoms with E-state index >= 15 is 0 Å². The highest BCUT2D eigenvalue weighted by Gasteiger charge is 2.42. The maximum absolute atomic E-state index is 13.6. The highest BCUT2D eigenvalue weighted by molar-refractivity contribution is 8.00. The highest BCUT2D eigenvalue weighted by atomic mass is 32.2. The number of carbonyl (C=O) groups is 1. The first-order chi connectivity index (χ1) is 11.5. The zero-order chi connectivity index (χ0) is 19.3. The molecule has 142 valence electrons. The maximum atomic E-state index is 13.6. The van der Waals surface area contributed by atoms with Gasteiger partial charge in [0.2, 0.25) is 0 Å². The first kappa shape index (κ1) is 22.1. The molecular weight excluding hydrogens is 362 g/mol. The zero-order valence-electron chi connectivity index (χ0n) is 15.7. The minimum absolute atomic E-state index is 0.0869. The Hall–Kier alpha value is -0.923. The van der Waals surface area contributed by atoms with E-state index in [-0.39, 0.29) is 11.5 Å². The van der Waals surface area contributed by atoms with Crippen molar-refractivity contribution in [1.82, 2.24) is 0 Å². The Kier molecular flexibility index (Phi) is 8.09. The fourth-order valence-electron chi connectivity index (χ4n) is 1.96. The number of halogens is 2. The third-order valence-corrected chi connectivity index (χ3v) is 10.2. The molecule has 0 radical (unpaired) electrons. The van der Waals surface area contributed by atoms with Crippen molar-refractivity contribution in [3.05, 3.63) is 30.3 Å². The van der Waals surface area contributed by atoms with Crippen molar-refractivity contribution in [3.63, 3.8) is 0 Å². The molecule has 1 aromatic carbocycles. The van der Waals surface area contributed by atoms with Crippen LogP contribution in [0.5, 0.6) is 0 Å². The molecular formula is C18H28F2O3SSi. The summed E-state index contributed by atoms with van der Waals surface area (Å²) in [5.41, 5.74) is 0. The summed E-state index contributed by atoms with van der Waals surface area (Å²) >= 11 is 1.23. The van der Waals surface area contributed by atoms with Crippen molar-refractivity contribution >= 4 is 26.0 Å². The molecule has 0 aromatic heterocycles. The summed E-state index contributed by atoms with van der Waals surface area (Å²) in [4.78, 5) is 12.9. The molecule has 0 saturated heterocycles. The molecule has 1 aromatic rings. The summed E-state index contributed by atoms with van der Waals surface area (Å²) < 4.78 is 37.9. The van der Waals surface area contributed by atoms with Crippen LogP contribution in [-0.4, -0.2) is 39.2 Å². The first-order valence-electron chi connectivity index (χ1n) is 8.23. The molecule has 0 aliphatic rings. The number of esters is 1. The average molecular weight is 391 g/mol. The average Bonchev–Trinajstić information content (AvgIpc) is 2.52. The minimum Gasteiger partial charge on any atom is -0.468 e. The molecule has 0 heterocycles. The van der Waals surface area contributed by atoms with Crippen LogP contribution in [0.2, 0.25) is 18.1 Å². The summed E-state index contributed by atoms with van der Waals surface area (Å²) in [7, 11) is -1.11. The van der Waals surface area contributed by atoms with Gasteiger partial charge in [0, 0.05) is 11.3 Å². The number of benzene rings is 1. The summed E-state index contributed by atoms with van der Waals surface area (Å²) in [6.07, 6.45) is -4.03. The Labute approximate surface area is 154 Å². The van der Waals surface area contributed by atoms with E-state index in [0.29, 0.717) is 0 Å². The monoisotopic (exact) mass is 390 g/mol. The molecule has 0 saturated carbocycles. The van der Waals surface area contributed by atoms with Gasteiger partial charge >= 0.3 is 5.97 Å². The number of methoxy groups -OCH3 is 1. The van der Waals surface area contributed by atoms with E-state index in [0.717, 1.165) is 4.90 Å². The van der Waals surface area contributed by atoms with Crippen LogP contribution in [0.25, 0.3) is 0 Å². The van der Waals surface area contributed by atoms with Gasteiger partial charge in [-0.3, -0.25) is 4.79 Å². The molecule has 3 nitrogen and oxygen atoms in total. The molecule has 2 atom stereocenters. The van der Waals surface area contributed by atoms with Crippen molar-refractivity contribution in [2.24, 2.45) is 0 Å². The second-order valence-corrected chi connectivity index (χ2v) is 13.5. The third-order valence-electron chi connectivity index (χ3n) is 4.47. The number of carbonyl (C=O) groups excluding carboxylic acids is 1. The van der Waals surface area contributed by atoms with Gasteiger partial charge in [0.25, 0.3) is 6.43 Å². The van der Waals surface area contributed by atoms with Crippen molar-refractivity contribution in [2.45, 2.75) is 68.0 Å². The van der Waals surface area contributed by atoms with Crippen LogP contribution in [0, 0.1) is 0 Å². The molecule has 0 aliphatic heterocycles. The van der Waals surface area contributed by atoms with Gasteiger partial charge in [-0.2, -0.15) is 0 Å². The number of rotatable bonds is 8. The van der Waals surface area contributed by atoms with Gasteiger partial charge in [-0.1, -0.05) is 39.0 Å². The number of ether oxygens (including phenoxy) is 1. The zero-order valence-corrected chi connectivity index (χ0v) is 17.5. The lowest BCUT2D eigenvalue weighted by molar-refractivity contribution is -0.140. The molecule has 0 spiro atoms. The van der Waals surface area contributed by atoms with Gasteiger partial charge in [0.15, 0.2) is 8.32 Å². The van der Waals surface area contributed by atoms with E-state index in [1.165, 1.54) is 18.9 Å². The van der Waals surface area contributed by atoms with Gasteiger partial charge < -0.3 is 9.16 Å². The third kappa shape index (κ3) is 6.71. The second kappa shape index (κ2) is 9.14. The number of thioether (sulfide) groups is 1. The number of hydrogen-bond donors (Lipinski definition) is 0. The van der Waals surface area contributed by atoms with Gasteiger partial charge in [-0.25, -0.2) is 8.78 Å². The predicted octanol–water partition coefficient (Wildman–Crippen LogP) is 5.37. The van der Waals surface area contributed by atoms with E-state index in [1.54, 1.807) is 0 Å². The fraction of sp³-hybridized carbons (Fsp3) is 0.611. The largest absolute Gasteiger partial charge is 0.468 e. The predicted molar refractivity (Wildman–Crippen MR) is 101 cm³/mol. The van der Waals surface area contributed by atoms with Gasteiger partial charge in [-0.15, -0.1) is 11.8 Å². The minimum atomic E-state index is -2.65. The number of hydrogen-bond acceptors (Lipinski definition) is 4. The van der Waals surface area contributed by atoms with Crippen LogP contribution in [-0.2, 0) is 14.0 Å². The Morgan fingerprint density at radius 2 is 1.76 bits per heavy atom. The van der Waals surface area contributed by atoms with Crippen LogP contribution < -0.4 is 0 Å². The van der Waals surface area contributed by atoms with E-state index in [1.807, 2.05) is 64.2 Å². The molecule has 0 amide bonds. The maximum Gasteiger partial charge on any atom is 0.319 e. The lowest BCUT2D eigenvalue weighted by atomic mass is 10.2. The Bertz CT molecular complexity index is 547. The van der Waals surface area contributed by atoms with E-state index in [9.17, 15) is 13.6 Å². The fourth-order valence-corrected chi connectivity index (χ4v) is 4.39. The molecule has 0 aliphatic carbocycles. The highest BCUT2D eigenvalue weighted by Crippen LogP contribution is 2.39. The van der Waals surface area contributed by atoms with E-state index < -0.39 is 32.1 Å². The first-order valence-corrected chi connectivity index (χ1v) is 12.0. The van der Waals surface area contributed by atoms with E-state index in [2.05, 4.69) is 0 Å². The van der Waals surface area contributed by atoms with Gasteiger partial charge in [-0.05, 0) is 30.3 Å². The van der Waals surface area contributed by atoms with Crippen molar-refractivity contribution < 1.29 is 22.7 Å². The number of alkyl halides is 2. The van der Waals surface area contributed by atoms with Crippen LogP contribution in [0.1, 0.15) is 27.2 Å². The molecule has 1 rings (SSSR count). The van der Waals surface area contributed by atoms with Crippen molar-refractivity contribution in [3.8, 4) is 0 Å². The smallest absolute Gasteiger partial charge is 0.319 e.